The Balaban J connectivity index is 1.48. The van der Waals surface area contributed by atoms with Crippen molar-refractivity contribution in [3.63, 3.8) is 0 Å². The molecule has 4 rings (SSSR count). The lowest BCUT2D eigenvalue weighted by atomic mass is 10.1. The Bertz CT molecular complexity index is 1010. The number of amides is 1. The monoisotopic (exact) mass is 391 g/mol. The lowest BCUT2D eigenvalue weighted by Crippen LogP contribution is -2.36. The molecule has 29 heavy (non-hydrogen) atoms. The highest BCUT2D eigenvalue weighted by Gasteiger charge is 2.18. The van der Waals surface area contributed by atoms with Gasteiger partial charge in [-0.25, -0.2) is 4.98 Å². The molecule has 2 heterocycles. The molecule has 0 unspecified atom stereocenters. The molecule has 6 nitrogen and oxygen atoms in total. The number of para-hydroxylation sites is 2. The van der Waals surface area contributed by atoms with Crippen LogP contribution in [-0.2, 0) is 16.0 Å². The molecule has 0 atom stereocenters. The van der Waals surface area contributed by atoms with Gasteiger partial charge in [-0.15, -0.1) is 0 Å². The number of aryl methyl sites for hydroxylation is 2. The predicted octanol–water partition coefficient (Wildman–Crippen LogP) is 3.98. The van der Waals surface area contributed by atoms with Crippen LogP contribution >= 0.6 is 0 Å². The minimum absolute atomic E-state index is 0.113. The standard InChI is InChI=1S/C23H25N3O3/c1-16-6-5-7-18(14-16)23-25-20(17(2)29-23)15-22(27)24-19-8-3-4-9-21(19)26-10-12-28-13-11-26/h3-9,14H,10-13,15H2,1-2H3,(H,24,27). The summed E-state index contributed by atoms with van der Waals surface area (Å²) >= 11 is 0. The Kier molecular flexibility index (Phi) is 5.62. The third-order valence-corrected chi connectivity index (χ3v) is 5.02. The summed E-state index contributed by atoms with van der Waals surface area (Å²) in [5, 5.41) is 3.04. The second-order valence-electron chi connectivity index (χ2n) is 7.23. The van der Waals surface area contributed by atoms with Crippen molar-refractivity contribution in [2.45, 2.75) is 20.3 Å². The molecular weight excluding hydrogens is 366 g/mol. The molecule has 1 fully saturated rings. The Morgan fingerprint density at radius 2 is 1.90 bits per heavy atom. The molecule has 0 radical (unpaired) electrons. The van der Waals surface area contributed by atoms with Crippen LogP contribution in [-0.4, -0.2) is 37.2 Å². The molecule has 0 saturated carbocycles. The molecule has 1 saturated heterocycles. The summed E-state index contributed by atoms with van der Waals surface area (Å²) in [6.45, 7) is 6.89. The summed E-state index contributed by atoms with van der Waals surface area (Å²) in [5.41, 5.74) is 4.53. The molecule has 1 aromatic heterocycles. The minimum atomic E-state index is -0.113. The molecule has 1 aliphatic heterocycles. The molecule has 1 aliphatic rings. The fourth-order valence-electron chi connectivity index (χ4n) is 3.50. The van der Waals surface area contributed by atoms with Crippen molar-refractivity contribution in [1.82, 2.24) is 4.98 Å². The second kappa shape index (κ2) is 8.49. The van der Waals surface area contributed by atoms with Gasteiger partial charge in [-0.1, -0.05) is 29.8 Å². The van der Waals surface area contributed by atoms with Crippen LogP contribution in [0.15, 0.2) is 52.9 Å². The predicted molar refractivity (Wildman–Crippen MR) is 113 cm³/mol. The van der Waals surface area contributed by atoms with Crippen molar-refractivity contribution < 1.29 is 13.9 Å². The fourth-order valence-corrected chi connectivity index (χ4v) is 3.50. The van der Waals surface area contributed by atoms with Crippen molar-refractivity contribution in [2.24, 2.45) is 0 Å². The van der Waals surface area contributed by atoms with Gasteiger partial charge in [0.15, 0.2) is 0 Å². The quantitative estimate of drug-likeness (QED) is 0.713. The van der Waals surface area contributed by atoms with Gasteiger partial charge in [-0.3, -0.25) is 4.79 Å². The van der Waals surface area contributed by atoms with Gasteiger partial charge in [0.05, 0.1) is 36.7 Å². The zero-order valence-corrected chi connectivity index (χ0v) is 16.8. The molecule has 3 aromatic rings. The van der Waals surface area contributed by atoms with Crippen LogP contribution < -0.4 is 10.2 Å². The lowest BCUT2D eigenvalue weighted by molar-refractivity contribution is -0.115. The second-order valence-corrected chi connectivity index (χ2v) is 7.23. The largest absolute Gasteiger partial charge is 0.441 e. The Hall–Kier alpha value is -3.12. The van der Waals surface area contributed by atoms with Crippen molar-refractivity contribution in [3.05, 3.63) is 65.5 Å². The number of rotatable bonds is 5. The number of benzene rings is 2. The van der Waals surface area contributed by atoms with Crippen LogP contribution in [0.5, 0.6) is 0 Å². The third kappa shape index (κ3) is 4.49. The highest BCUT2D eigenvalue weighted by molar-refractivity contribution is 5.95. The fraction of sp³-hybridized carbons (Fsp3) is 0.304. The zero-order chi connectivity index (χ0) is 20.2. The number of carbonyl (C=O) groups is 1. The molecule has 0 aliphatic carbocycles. The molecule has 1 amide bonds. The first-order chi connectivity index (χ1) is 14.1. The van der Waals surface area contributed by atoms with Gasteiger partial charge in [-0.2, -0.15) is 0 Å². The number of morpholine rings is 1. The summed E-state index contributed by atoms with van der Waals surface area (Å²) in [6, 6.07) is 15.8. The maximum atomic E-state index is 12.7. The maximum absolute atomic E-state index is 12.7. The molecule has 0 bridgehead atoms. The van der Waals surface area contributed by atoms with Crippen LogP contribution in [0.3, 0.4) is 0 Å². The number of nitrogens with zero attached hydrogens (tertiary/aromatic N) is 2. The number of ether oxygens (including phenoxy) is 1. The van der Waals surface area contributed by atoms with Gasteiger partial charge in [0.1, 0.15) is 5.76 Å². The highest BCUT2D eigenvalue weighted by atomic mass is 16.5. The van der Waals surface area contributed by atoms with Gasteiger partial charge in [0, 0.05) is 18.7 Å². The van der Waals surface area contributed by atoms with Crippen LogP contribution in [0.1, 0.15) is 17.0 Å². The zero-order valence-electron chi connectivity index (χ0n) is 16.8. The average molecular weight is 391 g/mol. The van der Waals surface area contributed by atoms with E-state index in [9.17, 15) is 4.79 Å². The number of aromatic nitrogens is 1. The normalized spacial score (nSPS) is 14.1. The van der Waals surface area contributed by atoms with Crippen molar-refractivity contribution in [3.8, 4) is 11.5 Å². The SMILES string of the molecule is Cc1cccc(-c2nc(CC(=O)Nc3ccccc3N3CCOCC3)c(C)o2)c1. The van der Waals surface area contributed by atoms with Gasteiger partial charge in [-0.05, 0) is 38.1 Å². The van der Waals surface area contributed by atoms with E-state index in [1.54, 1.807) is 0 Å². The number of anilines is 2. The number of carbonyl (C=O) groups excluding carboxylic acids is 1. The van der Waals surface area contributed by atoms with Crippen molar-refractivity contribution in [1.29, 1.82) is 0 Å². The van der Waals surface area contributed by atoms with Crippen molar-refractivity contribution in [2.75, 3.05) is 36.5 Å². The summed E-state index contributed by atoms with van der Waals surface area (Å²) in [6.07, 6.45) is 0.165. The minimum Gasteiger partial charge on any atom is -0.441 e. The van der Waals surface area contributed by atoms with E-state index in [0.29, 0.717) is 30.6 Å². The first kappa shape index (κ1) is 19.2. The van der Waals surface area contributed by atoms with Gasteiger partial charge in [0.2, 0.25) is 11.8 Å². The Morgan fingerprint density at radius 1 is 1.10 bits per heavy atom. The highest BCUT2D eigenvalue weighted by Crippen LogP contribution is 2.27. The average Bonchev–Trinajstić information content (AvgIpc) is 3.09. The van der Waals surface area contributed by atoms with Crippen LogP contribution in [0.4, 0.5) is 11.4 Å². The van der Waals surface area contributed by atoms with E-state index in [-0.39, 0.29) is 12.3 Å². The molecule has 1 N–H and O–H groups in total. The van der Waals surface area contributed by atoms with E-state index < -0.39 is 0 Å². The number of hydrogen-bond acceptors (Lipinski definition) is 5. The summed E-state index contributed by atoms with van der Waals surface area (Å²) in [4.78, 5) is 19.5. The molecule has 0 spiro atoms. The van der Waals surface area contributed by atoms with E-state index in [1.165, 1.54) is 0 Å². The lowest BCUT2D eigenvalue weighted by Gasteiger charge is -2.30. The first-order valence-electron chi connectivity index (χ1n) is 9.85. The van der Waals surface area contributed by atoms with E-state index in [0.717, 1.165) is 35.6 Å². The van der Waals surface area contributed by atoms with E-state index >= 15 is 0 Å². The number of hydrogen-bond donors (Lipinski definition) is 1. The van der Waals surface area contributed by atoms with Crippen LogP contribution in [0, 0.1) is 13.8 Å². The summed E-state index contributed by atoms with van der Waals surface area (Å²) < 4.78 is 11.2. The van der Waals surface area contributed by atoms with Crippen LogP contribution in [0.2, 0.25) is 0 Å². The van der Waals surface area contributed by atoms with Crippen molar-refractivity contribution >= 4 is 17.3 Å². The number of oxazole rings is 1. The maximum Gasteiger partial charge on any atom is 0.230 e. The summed E-state index contributed by atoms with van der Waals surface area (Å²) in [7, 11) is 0. The van der Waals surface area contributed by atoms with Gasteiger partial charge < -0.3 is 19.4 Å². The van der Waals surface area contributed by atoms with E-state index in [1.807, 2.05) is 62.4 Å². The molecule has 150 valence electrons. The van der Waals surface area contributed by atoms with E-state index in [2.05, 4.69) is 15.2 Å². The van der Waals surface area contributed by atoms with Gasteiger partial charge in [0.25, 0.3) is 0 Å². The number of nitrogens with one attached hydrogen (secondary N) is 1. The first-order valence-corrected chi connectivity index (χ1v) is 9.85. The third-order valence-electron chi connectivity index (χ3n) is 5.02. The Labute approximate surface area is 170 Å². The molecule has 2 aromatic carbocycles. The summed E-state index contributed by atoms with van der Waals surface area (Å²) in [5.74, 6) is 1.10. The Morgan fingerprint density at radius 3 is 2.69 bits per heavy atom. The molecule has 6 heteroatoms. The van der Waals surface area contributed by atoms with Crippen LogP contribution in [0.25, 0.3) is 11.5 Å². The smallest absolute Gasteiger partial charge is 0.230 e. The van der Waals surface area contributed by atoms with E-state index in [4.69, 9.17) is 9.15 Å². The topological polar surface area (TPSA) is 67.6 Å². The van der Waals surface area contributed by atoms with Gasteiger partial charge >= 0.3 is 0 Å². The molecular formula is C23H25N3O3.